The molecule has 0 saturated carbocycles. The highest BCUT2D eigenvalue weighted by Crippen LogP contribution is 2.33. The van der Waals surface area contributed by atoms with Crippen LogP contribution in [-0.4, -0.2) is 19.4 Å². The fourth-order valence-corrected chi connectivity index (χ4v) is 2.19. The summed E-state index contributed by atoms with van der Waals surface area (Å²) in [4.78, 5) is 23.1. The van der Waals surface area contributed by atoms with Gasteiger partial charge in [0, 0.05) is 17.2 Å². The minimum absolute atomic E-state index is 0.297. The van der Waals surface area contributed by atoms with Crippen LogP contribution in [0.2, 0.25) is 0 Å². The maximum absolute atomic E-state index is 12.1. The van der Waals surface area contributed by atoms with E-state index in [9.17, 15) is 9.59 Å². The molecule has 0 atom stereocenters. The Kier molecular flexibility index (Phi) is 6.08. The largest absolute Gasteiger partial charge is 0.493 e. The molecule has 2 aromatic carbocycles. The smallest absolute Gasteiger partial charge is 0.336 e. The summed E-state index contributed by atoms with van der Waals surface area (Å²) in [6.07, 6.45) is 5.85. The summed E-state index contributed by atoms with van der Waals surface area (Å²) in [5.41, 5.74) is 2.00. The van der Waals surface area contributed by atoms with Gasteiger partial charge in [-0.25, -0.2) is 4.79 Å². The summed E-state index contributed by atoms with van der Waals surface area (Å²) in [7, 11) is 1.46. The van der Waals surface area contributed by atoms with Crippen molar-refractivity contribution in [2.45, 2.75) is 6.42 Å². The normalized spacial score (nSPS) is 10.4. The number of aldehydes is 1. The zero-order chi connectivity index (χ0) is 17.4. The predicted octanol–water partition coefficient (Wildman–Crippen LogP) is 3.86. The molecule has 0 unspecified atom stereocenters. The molecule has 0 radical (unpaired) electrons. The molecule has 2 rings (SSSR count). The van der Waals surface area contributed by atoms with E-state index in [4.69, 9.17) is 9.47 Å². The van der Waals surface area contributed by atoms with Crippen LogP contribution in [0.5, 0.6) is 11.5 Å². The lowest BCUT2D eigenvalue weighted by molar-refractivity contribution is -0.129. The molecule has 0 heterocycles. The molecule has 4 nitrogen and oxygen atoms in total. The Morgan fingerprint density at radius 3 is 2.54 bits per heavy atom. The second-order valence-electron chi connectivity index (χ2n) is 4.99. The minimum atomic E-state index is -0.527. The van der Waals surface area contributed by atoms with Crippen molar-refractivity contribution in [1.82, 2.24) is 0 Å². The van der Waals surface area contributed by atoms with Crippen LogP contribution in [-0.2, 0) is 11.2 Å². The SMILES string of the molecule is C=CCc1cc(C=O)cc(OC)c1OC(=O)/C=C/c1ccccc1. The van der Waals surface area contributed by atoms with Crippen LogP contribution in [0.3, 0.4) is 0 Å². The summed E-state index contributed by atoms with van der Waals surface area (Å²) < 4.78 is 10.7. The first-order chi connectivity index (χ1) is 11.7. The zero-order valence-corrected chi connectivity index (χ0v) is 13.4. The number of esters is 1. The summed E-state index contributed by atoms with van der Waals surface area (Å²) in [6, 6.07) is 12.6. The third kappa shape index (κ3) is 4.43. The van der Waals surface area contributed by atoms with Gasteiger partial charge >= 0.3 is 5.97 Å². The number of rotatable bonds is 7. The van der Waals surface area contributed by atoms with E-state index in [2.05, 4.69) is 6.58 Å². The number of ether oxygens (including phenoxy) is 2. The van der Waals surface area contributed by atoms with Crippen LogP contribution in [0.4, 0.5) is 0 Å². The molecule has 0 aliphatic rings. The first-order valence-electron chi connectivity index (χ1n) is 7.40. The summed E-state index contributed by atoms with van der Waals surface area (Å²) in [5.74, 6) is 0.102. The molecule has 0 spiro atoms. The molecule has 0 saturated heterocycles. The van der Waals surface area contributed by atoms with E-state index in [1.807, 2.05) is 30.3 Å². The maximum atomic E-state index is 12.1. The Morgan fingerprint density at radius 2 is 1.92 bits per heavy atom. The molecule has 0 aliphatic carbocycles. The number of methoxy groups -OCH3 is 1. The van der Waals surface area contributed by atoms with Crippen molar-refractivity contribution in [3.8, 4) is 11.5 Å². The van der Waals surface area contributed by atoms with Crippen molar-refractivity contribution >= 4 is 18.3 Å². The number of carbonyl (C=O) groups is 2. The Labute approximate surface area is 141 Å². The van der Waals surface area contributed by atoms with Gasteiger partial charge in [-0.15, -0.1) is 6.58 Å². The van der Waals surface area contributed by atoms with Gasteiger partial charge in [0.05, 0.1) is 7.11 Å². The monoisotopic (exact) mass is 322 g/mol. The Bertz CT molecular complexity index is 761. The molecule has 0 bridgehead atoms. The van der Waals surface area contributed by atoms with Crippen LogP contribution in [0.1, 0.15) is 21.5 Å². The molecule has 4 heteroatoms. The van der Waals surface area contributed by atoms with Crippen molar-refractivity contribution in [2.75, 3.05) is 7.11 Å². The second kappa shape index (κ2) is 8.48. The molecule has 2 aromatic rings. The van der Waals surface area contributed by atoms with E-state index in [0.717, 1.165) is 11.8 Å². The van der Waals surface area contributed by atoms with E-state index >= 15 is 0 Å². The van der Waals surface area contributed by atoms with Crippen molar-refractivity contribution in [3.05, 3.63) is 77.9 Å². The maximum Gasteiger partial charge on any atom is 0.336 e. The first kappa shape index (κ1) is 17.2. The highest BCUT2D eigenvalue weighted by molar-refractivity contribution is 5.89. The van der Waals surface area contributed by atoms with Crippen molar-refractivity contribution in [3.63, 3.8) is 0 Å². The molecular weight excluding hydrogens is 304 g/mol. The van der Waals surface area contributed by atoms with E-state index < -0.39 is 5.97 Å². The van der Waals surface area contributed by atoms with E-state index in [0.29, 0.717) is 29.0 Å². The molecule has 24 heavy (non-hydrogen) atoms. The van der Waals surface area contributed by atoms with Crippen LogP contribution >= 0.6 is 0 Å². The highest BCUT2D eigenvalue weighted by Gasteiger charge is 2.15. The van der Waals surface area contributed by atoms with E-state index in [1.54, 1.807) is 18.2 Å². The fraction of sp³-hybridized carbons (Fsp3) is 0.100. The molecule has 0 aliphatic heterocycles. The zero-order valence-electron chi connectivity index (χ0n) is 13.4. The van der Waals surface area contributed by atoms with Crippen LogP contribution in [0.25, 0.3) is 6.08 Å². The fourth-order valence-electron chi connectivity index (χ4n) is 2.19. The minimum Gasteiger partial charge on any atom is -0.493 e. The van der Waals surface area contributed by atoms with Gasteiger partial charge in [0.2, 0.25) is 0 Å². The van der Waals surface area contributed by atoms with Crippen LogP contribution in [0, 0.1) is 0 Å². The standard InChI is InChI=1S/C20H18O4/c1-3-7-17-12-16(14-21)13-18(23-2)20(17)24-19(22)11-10-15-8-5-4-6-9-15/h3-6,8-14H,1,7H2,2H3/b11-10+. The number of allylic oxidation sites excluding steroid dienone is 1. The molecular formula is C20H18O4. The van der Waals surface area contributed by atoms with Gasteiger partial charge in [-0.3, -0.25) is 4.79 Å². The predicted molar refractivity (Wildman–Crippen MR) is 93.4 cm³/mol. The molecule has 0 N–H and O–H groups in total. The number of carbonyl (C=O) groups excluding carboxylic acids is 2. The topological polar surface area (TPSA) is 52.6 Å². The van der Waals surface area contributed by atoms with Crippen molar-refractivity contribution in [2.24, 2.45) is 0 Å². The molecule has 122 valence electrons. The average molecular weight is 322 g/mol. The summed E-state index contributed by atoms with van der Waals surface area (Å²) in [5, 5.41) is 0. The van der Waals surface area contributed by atoms with Gasteiger partial charge in [0.15, 0.2) is 11.5 Å². The van der Waals surface area contributed by atoms with Gasteiger partial charge in [-0.2, -0.15) is 0 Å². The van der Waals surface area contributed by atoms with E-state index in [1.165, 1.54) is 19.3 Å². The highest BCUT2D eigenvalue weighted by atomic mass is 16.6. The number of benzene rings is 2. The average Bonchev–Trinajstić information content (AvgIpc) is 2.62. The van der Waals surface area contributed by atoms with Gasteiger partial charge < -0.3 is 9.47 Å². The van der Waals surface area contributed by atoms with Gasteiger partial charge in [0.1, 0.15) is 6.29 Å². The summed E-state index contributed by atoms with van der Waals surface area (Å²) in [6.45, 7) is 3.68. The number of hydrogen-bond donors (Lipinski definition) is 0. The number of hydrogen-bond acceptors (Lipinski definition) is 4. The quantitative estimate of drug-likeness (QED) is 0.255. The van der Waals surface area contributed by atoms with Crippen molar-refractivity contribution in [1.29, 1.82) is 0 Å². The van der Waals surface area contributed by atoms with Crippen LogP contribution < -0.4 is 9.47 Å². The van der Waals surface area contributed by atoms with Gasteiger partial charge in [0.25, 0.3) is 0 Å². The Balaban J connectivity index is 2.27. The molecule has 0 aromatic heterocycles. The van der Waals surface area contributed by atoms with Crippen molar-refractivity contribution < 1.29 is 19.1 Å². The summed E-state index contributed by atoms with van der Waals surface area (Å²) >= 11 is 0. The Hall–Kier alpha value is -3.14. The Morgan fingerprint density at radius 1 is 1.17 bits per heavy atom. The third-order valence-corrected chi connectivity index (χ3v) is 3.29. The van der Waals surface area contributed by atoms with Gasteiger partial charge in [-0.1, -0.05) is 36.4 Å². The second-order valence-corrected chi connectivity index (χ2v) is 4.99. The lowest BCUT2D eigenvalue weighted by Gasteiger charge is -2.13. The lowest BCUT2D eigenvalue weighted by atomic mass is 10.1. The molecule has 0 fully saturated rings. The van der Waals surface area contributed by atoms with Gasteiger partial charge in [-0.05, 0) is 30.2 Å². The third-order valence-electron chi connectivity index (χ3n) is 3.29. The van der Waals surface area contributed by atoms with Crippen LogP contribution in [0.15, 0.2) is 61.2 Å². The van der Waals surface area contributed by atoms with E-state index in [-0.39, 0.29) is 0 Å². The lowest BCUT2D eigenvalue weighted by Crippen LogP contribution is -2.08. The first-order valence-corrected chi connectivity index (χ1v) is 7.40. The molecule has 0 amide bonds.